The molecule has 1 saturated carbocycles. The lowest BCUT2D eigenvalue weighted by Crippen LogP contribution is -2.54. The van der Waals surface area contributed by atoms with E-state index in [0.29, 0.717) is 29.2 Å². The van der Waals surface area contributed by atoms with Crippen LogP contribution in [0.25, 0.3) is 11.1 Å². The number of primary amides is 1. The molecule has 3 atom stereocenters. The van der Waals surface area contributed by atoms with Crippen LogP contribution >= 0.6 is 0 Å². The van der Waals surface area contributed by atoms with Crippen LogP contribution in [-0.4, -0.2) is 30.3 Å². The van der Waals surface area contributed by atoms with E-state index in [1.165, 1.54) is 12.1 Å². The fourth-order valence-corrected chi connectivity index (χ4v) is 6.70. The van der Waals surface area contributed by atoms with Gasteiger partial charge in [-0.25, -0.2) is 0 Å². The lowest BCUT2D eigenvalue weighted by atomic mass is 9.84. The molecule has 1 aliphatic carbocycles. The molecule has 0 bridgehead atoms. The third-order valence-corrected chi connectivity index (χ3v) is 9.48. The molecule has 4 aromatic rings. The Balaban J connectivity index is 1.36. The third-order valence-electron chi connectivity index (χ3n) is 9.48. The summed E-state index contributed by atoms with van der Waals surface area (Å²) in [6.45, 7) is 4.02. The van der Waals surface area contributed by atoms with Gasteiger partial charge in [-0.3, -0.25) is 14.4 Å². The van der Waals surface area contributed by atoms with Gasteiger partial charge in [-0.1, -0.05) is 79.6 Å². The predicted octanol–water partition coefficient (Wildman–Crippen LogP) is 7.64. The molecule has 0 radical (unpaired) electrons. The Labute approximate surface area is 289 Å². The molecule has 1 heterocycles. The van der Waals surface area contributed by atoms with E-state index >= 15 is 0 Å². The zero-order chi connectivity index (χ0) is 35.4. The van der Waals surface area contributed by atoms with Gasteiger partial charge in [-0.15, -0.1) is 6.58 Å². The lowest BCUT2D eigenvalue weighted by Gasteiger charge is -2.29. The number of fused-ring (bicyclic) bond motifs is 1. The van der Waals surface area contributed by atoms with Gasteiger partial charge >= 0.3 is 6.18 Å². The topological polar surface area (TPSA) is 95.7 Å². The number of amides is 3. The molecule has 1 aliphatic heterocycles. The molecular formula is C40H39F3N4O3. The van der Waals surface area contributed by atoms with Crippen LogP contribution in [-0.2, 0) is 27.1 Å². The van der Waals surface area contributed by atoms with Crippen LogP contribution in [0.4, 0.5) is 30.2 Å². The Morgan fingerprint density at radius 3 is 2.20 bits per heavy atom. The number of nitrogens with two attached hydrogens (primary N) is 1. The Morgan fingerprint density at radius 2 is 1.56 bits per heavy atom. The molecule has 3 amide bonds. The number of anilines is 3. The van der Waals surface area contributed by atoms with E-state index in [-0.39, 0.29) is 25.4 Å². The van der Waals surface area contributed by atoms with E-state index in [4.69, 9.17) is 5.73 Å². The van der Waals surface area contributed by atoms with E-state index in [1.807, 2.05) is 77.7 Å². The molecule has 10 heteroatoms. The van der Waals surface area contributed by atoms with E-state index in [0.717, 1.165) is 41.9 Å². The molecule has 7 nitrogen and oxygen atoms in total. The van der Waals surface area contributed by atoms with Crippen molar-refractivity contribution in [2.24, 2.45) is 23.5 Å². The molecule has 50 heavy (non-hydrogen) atoms. The Hall–Kier alpha value is -5.38. The van der Waals surface area contributed by atoms with Crippen LogP contribution in [0.15, 0.2) is 116 Å². The minimum atomic E-state index is -4.44. The quantitative estimate of drug-likeness (QED) is 0.151. The van der Waals surface area contributed by atoms with Crippen molar-refractivity contribution in [2.45, 2.75) is 44.4 Å². The van der Waals surface area contributed by atoms with Crippen LogP contribution in [0.5, 0.6) is 0 Å². The molecule has 0 spiro atoms. The molecule has 2 aliphatic rings. The second-order valence-electron chi connectivity index (χ2n) is 13.0. The summed E-state index contributed by atoms with van der Waals surface area (Å²) in [4.78, 5) is 45.0. The van der Waals surface area contributed by atoms with Crippen LogP contribution in [0.2, 0.25) is 0 Å². The van der Waals surface area contributed by atoms with Crippen LogP contribution < -0.4 is 20.9 Å². The van der Waals surface area contributed by atoms with Crippen molar-refractivity contribution in [3.63, 3.8) is 0 Å². The highest BCUT2D eigenvalue weighted by Crippen LogP contribution is 2.40. The zero-order valence-corrected chi connectivity index (χ0v) is 27.5. The maximum atomic E-state index is 14.7. The molecule has 258 valence electrons. The molecule has 0 saturated heterocycles. The van der Waals surface area contributed by atoms with Gasteiger partial charge in [0.05, 0.1) is 41.9 Å². The fourth-order valence-electron chi connectivity index (χ4n) is 6.70. The molecule has 6 rings (SSSR count). The number of halogens is 3. The van der Waals surface area contributed by atoms with Crippen molar-refractivity contribution in [1.82, 2.24) is 5.32 Å². The summed E-state index contributed by atoms with van der Waals surface area (Å²) in [7, 11) is 0. The normalized spacial score (nSPS) is 17.3. The largest absolute Gasteiger partial charge is 0.416 e. The second-order valence-corrected chi connectivity index (χ2v) is 13.0. The van der Waals surface area contributed by atoms with Crippen molar-refractivity contribution in [2.75, 3.05) is 16.3 Å². The summed E-state index contributed by atoms with van der Waals surface area (Å²) in [5.74, 6) is -2.46. The van der Waals surface area contributed by atoms with E-state index in [1.54, 1.807) is 17.0 Å². The maximum Gasteiger partial charge on any atom is 0.416 e. The number of carbonyl (C=O) groups excluding carboxylic acids is 3. The highest BCUT2D eigenvalue weighted by molar-refractivity contribution is 6.04. The van der Waals surface area contributed by atoms with Crippen molar-refractivity contribution in [3.8, 4) is 11.1 Å². The molecular weight excluding hydrogens is 641 g/mol. The number of hydrogen-bond acceptors (Lipinski definition) is 4. The van der Waals surface area contributed by atoms with Gasteiger partial charge in [0.15, 0.2) is 0 Å². The SMILES string of the molecule is C=CC[C@H](C(N)=O)[C@@H](CC1CC1)C(=O)NC1CN(c2ccccc2)c2ccccc2N(Cc2cccc(-c3ccc(C(F)(F)F)cc3)c2)C1=O. The number of nitrogens with one attached hydrogen (secondary N) is 1. The average molecular weight is 681 g/mol. The van der Waals surface area contributed by atoms with Gasteiger partial charge in [0.1, 0.15) is 6.04 Å². The van der Waals surface area contributed by atoms with Gasteiger partial charge in [0.25, 0.3) is 5.91 Å². The first kappa shape index (κ1) is 34.5. The zero-order valence-electron chi connectivity index (χ0n) is 27.5. The molecule has 0 aromatic heterocycles. The number of hydrogen-bond donors (Lipinski definition) is 2. The highest BCUT2D eigenvalue weighted by atomic mass is 19.4. The number of rotatable bonds is 12. The van der Waals surface area contributed by atoms with Crippen molar-refractivity contribution in [1.29, 1.82) is 0 Å². The summed E-state index contributed by atoms with van der Waals surface area (Å²) >= 11 is 0. The fraction of sp³-hybridized carbons (Fsp3) is 0.275. The Kier molecular flexibility index (Phi) is 10.1. The summed E-state index contributed by atoms with van der Waals surface area (Å²) in [5.41, 5.74) is 9.33. The number of carbonyl (C=O) groups is 3. The smallest absolute Gasteiger partial charge is 0.369 e. The average Bonchev–Trinajstić information content (AvgIpc) is 3.95. The lowest BCUT2D eigenvalue weighted by molar-refractivity contribution is -0.137. The van der Waals surface area contributed by atoms with Gasteiger partial charge in [-0.05, 0) is 77.9 Å². The second kappa shape index (κ2) is 14.6. The van der Waals surface area contributed by atoms with Gasteiger partial charge in [0, 0.05) is 5.69 Å². The number of nitrogens with zero attached hydrogens (tertiary/aromatic N) is 2. The van der Waals surface area contributed by atoms with Gasteiger partial charge < -0.3 is 20.9 Å². The minimum Gasteiger partial charge on any atom is -0.369 e. The van der Waals surface area contributed by atoms with Crippen molar-refractivity contribution >= 4 is 34.8 Å². The molecule has 4 aromatic carbocycles. The first-order chi connectivity index (χ1) is 24.0. The predicted molar refractivity (Wildman–Crippen MR) is 188 cm³/mol. The van der Waals surface area contributed by atoms with E-state index in [2.05, 4.69) is 11.9 Å². The summed E-state index contributed by atoms with van der Waals surface area (Å²) in [6.07, 6.45) is -0.151. The standard InChI is InChI=1S/C40H39F3N4O3/c1-2-9-32(37(44)48)33(23-26-16-17-26)38(49)45-34-25-46(31-12-4-3-5-13-31)35-14-6-7-15-36(35)47(39(34)50)24-27-10-8-11-29(22-27)28-18-20-30(21-19-28)40(41,42)43/h2-8,10-15,18-22,26,32-34H,1,9,16-17,23-25H2,(H2,44,48)(H,45,49)/t32-,33+,34?/m0/s1. The third kappa shape index (κ3) is 7.75. The summed E-state index contributed by atoms with van der Waals surface area (Å²) < 4.78 is 39.6. The van der Waals surface area contributed by atoms with Crippen LogP contribution in [0, 0.1) is 17.8 Å². The van der Waals surface area contributed by atoms with E-state index in [9.17, 15) is 27.6 Å². The monoisotopic (exact) mass is 680 g/mol. The first-order valence-corrected chi connectivity index (χ1v) is 16.7. The van der Waals surface area contributed by atoms with Crippen LogP contribution in [0.3, 0.4) is 0 Å². The maximum absolute atomic E-state index is 14.7. The Morgan fingerprint density at radius 1 is 0.880 bits per heavy atom. The van der Waals surface area contributed by atoms with Crippen LogP contribution in [0.1, 0.15) is 36.8 Å². The van der Waals surface area contributed by atoms with E-state index < -0.39 is 41.4 Å². The minimum absolute atomic E-state index is 0.130. The number of alkyl halides is 3. The number of benzene rings is 4. The Bertz CT molecular complexity index is 1860. The van der Waals surface area contributed by atoms with Gasteiger partial charge in [0.2, 0.25) is 11.8 Å². The first-order valence-electron chi connectivity index (χ1n) is 16.7. The van der Waals surface area contributed by atoms with Crippen molar-refractivity contribution < 1.29 is 27.6 Å². The number of para-hydroxylation sites is 3. The summed E-state index contributed by atoms with van der Waals surface area (Å²) in [5, 5.41) is 3.03. The highest BCUT2D eigenvalue weighted by Gasteiger charge is 2.40. The van der Waals surface area contributed by atoms with Crippen molar-refractivity contribution in [3.05, 3.63) is 127 Å². The number of allylic oxidation sites excluding steroid dienone is 1. The molecule has 1 unspecified atom stereocenters. The van der Waals surface area contributed by atoms with Gasteiger partial charge in [-0.2, -0.15) is 13.2 Å². The molecule has 3 N–H and O–H groups in total. The summed E-state index contributed by atoms with van der Waals surface area (Å²) in [6, 6.07) is 28.4. The molecule has 1 fully saturated rings.